The van der Waals surface area contributed by atoms with Gasteiger partial charge in [-0.3, -0.25) is 4.79 Å². The zero-order valence-corrected chi connectivity index (χ0v) is 14.8. The second-order valence-corrected chi connectivity index (χ2v) is 6.73. The van der Waals surface area contributed by atoms with Crippen molar-refractivity contribution in [2.24, 2.45) is 0 Å². The molecule has 0 fully saturated rings. The molecule has 0 bridgehead atoms. The molecule has 8 heteroatoms. The van der Waals surface area contributed by atoms with E-state index in [0.717, 1.165) is 29.2 Å². The van der Waals surface area contributed by atoms with Crippen molar-refractivity contribution in [2.75, 3.05) is 6.54 Å². The van der Waals surface area contributed by atoms with Gasteiger partial charge in [0.25, 0.3) is 11.7 Å². The topological polar surface area (TPSA) is 85.1 Å². The van der Waals surface area contributed by atoms with Crippen LogP contribution in [0.15, 0.2) is 17.8 Å². The summed E-state index contributed by atoms with van der Waals surface area (Å²) in [6.07, 6.45) is 3.10. The van der Waals surface area contributed by atoms with E-state index in [-0.39, 0.29) is 11.8 Å². The largest absolute Gasteiger partial charge is 0.350 e. The molecule has 126 valence electrons. The lowest BCUT2D eigenvalue weighted by molar-refractivity contribution is 0.0949. The van der Waals surface area contributed by atoms with Gasteiger partial charge in [0.05, 0.1) is 16.4 Å². The molecule has 3 rings (SSSR count). The standard InChI is InChI=1S/C16H20N6OS/c1-4-11-8-24-14(20-11)5-6-17-15(23)12-7-13(10(2)3)22-16(21-12)18-9-19-22/h7-10H,4-6H2,1-3H3,(H,17,23). The summed E-state index contributed by atoms with van der Waals surface area (Å²) in [6, 6.07) is 1.78. The maximum Gasteiger partial charge on any atom is 0.270 e. The number of hydrogen-bond donors (Lipinski definition) is 1. The van der Waals surface area contributed by atoms with Gasteiger partial charge in [0.1, 0.15) is 12.0 Å². The number of nitrogens with zero attached hydrogens (tertiary/aromatic N) is 5. The first kappa shape index (κ1) is 16.5. The molecular formula is C16H20N6OS. The van der Waals surface area contributed by atoms with Crippen LogP contribution < -0.4 is 5.32 Å². The van der Waals surface area contributed by atoms with Crippen LogP contribution in [-0.2, 0) is 12.8 Å². The number of rotatable bonds is 6. The Morgan fingerprint density at radius 2 is 2.21 bits per heavy atom. The lowest BCUT2D eigenvalue weighted by atomic mass is 10.1. The minimum absolute atomic E-state index is 0.199. The first-order valence-electron chi connectivity index (χ1n) is 8.00. The minimum atomic E-state index is -0.199. The third-order valence-electron chi connectivity index (χ3n) is 3.69. The molecule has 0 aliphatic carbocycles. The van der Waals surface area contributed by atoms with Crippen molar-refractivity contribution in [3.8, 4) is 0 Å². The fraction of sp³-hybridized carbons (Fsp3) is 0.438. The van der Waals surface area contributed by atoms with Crippen LogP contribution in [0.4, 0.5) is 0 Å². The fourth-order valence-electron chi connectivity index (χ4n) is 2.36. The highest BCUT2D eigenvalue weighted by atomic mass is 32.1. The maximum atomic E-state index is 12.4. The number of amides is 1. The summed E-state index contributed by atoms with van der Waals surface area (Å²) in [5.74, 6) is 0.458. The van der Waals surface area contributed by atoms with Crippen LogP contribution in [0.5, 0.6) is 0 Å². The summed E-state index contributed by atoms with van der Waals surface area (Å²) < 4.78 is 1.67. The maximum absolute atomic E-state index is 12.4. The zero-order valence-electron chi connectivity index (χ0n) is 14.0. The first-order valence-corrected chi connectivity index (χ1v) is 8.88. The summed E-state index contributed by atoms with van der Waals surface area (Å²) in [5.41, 5.74) is 2.38. The molecule has 0 unspecified atom stereocenters. The van der Waals surface area contributed by atoms with E-state index >= 15 is 0 Å². The van der Waals surface area contributed by atoms with Crippen LogP contribution in [0.25, 0.3) is 5.78 Å². The van der Waals surface area contributed by atoms with E-state index in [2.05, 4.69) is 37.7 Å². The van der Waals surface area contributed by atoms with Gasteiger partial charge in [0.2, 0.25) is 0 Å². The van der Waals surface area contributed by atoms with E-state index in [0.29, 0.717) is 18.0 Å². The third kappa shape index (κ3) is 3.43. The Morgan fingerprint density at radius 1 is 1.38 bits per heavy atom. The molecule has 24 heavy (non-hydrogen) atoms. The van der Waals surface area contributed by atoms with Gasteiger partial charge in [-0.05, 0) is 18.4 Å². The molecule has 0 aliphatic heterocycles. The van der Waals surface area contributed by atoms with E-state index in [1.54, 1.807) is 21.9 Å². The molecule has 0 aliphatic rings. The Kier molecular flexibility index (Phi) is 4.84. The highest BCUT2D eigenvalue weighted by Crippen LogP contribution is 2.15. The van der Waals surface area contributed by atoms with Gasteiger partial charge in [0.15, 0.2) is 0 Å². The van der Waals surface area contributed by atoms with E-state index in [1.165, 1.54) is 6.33 Å². The average Bonchev–Trinajstić information content (AvgIpc) is 3.22. The van der Waals surface area contributed by atoms with E-state index in [9.17, 15) is 4.79 Å². The number of hydrogen-bond acceptors (Lipinski definition) is 6. The van der Waals surface area contributed by atoms with Crippen LogP contribution in [0, 0.1) is 0 Å². The van der Waals surface area contributed by atoms with Gasteiger partial charge in [-0.1, -0.05) is 20.8 Å². The monoisotopic (exact) mass is 344 g/mol. The number of carbonyl (C=O) groups is 1. The molecule has 0 spiro atoms. The summed E-state index contributed by atoms with van der Waals surface area (Å²) >= 11 is 1.63. The van der Waals surface area contributed by atoms with Gasteiger partial charge in [-0.2, -0.15) is 10.1 Å². The fourth-order valence-corrected chi connectivity index (χ4v) is 3.24. The van der Waals surface area contributed by atoms with Crippen LogP contribution in [0.3, 0.4) is 0 Å². The number of fused-ring (bicyclic) bond motifs is 1. The van der Waals surface area contributed by atoms with Crippen LogP contribution in [0.2, 0.25) is 0 Å². The summed E-state index contributed by atoms with van der Waals surface area (Å²) in [5, 5.41) is 10.2. The number of carbonyl (C=O) groups excluding carboxylic acids is 1. The molecule has 1 N–H and O–H groups in total. The molecule has 3 aromatic heterocycles. The predicted octanol–water partition coefficient (Wildman–Crippen LogP) is 2.24. The van der Waals surface area contributed by atoms with Crippen molar-refractivity contribution < 1.29 is 4.79 Å². The average molecular weight is 344 g/mol. The highest BCUT2D eigenvalue weighted by Gasteiger charge is 2.15. The summed E-state index contributed by atoms with van der Waals surface area (Å²) in [4.78, 5) is 25.3. The lowest BCUT2D eigenvalue weighted by Crippen LogP contribution is -2.27. The number of aromatic nitrogens is 5. The molecular weight excluding hydrogens is 324 g/mol. The second-order valence-electron chi connectivity index (χ2n) is 5.78. The lowest BCUT2D eigenvalue weighted by Gasteiger charge is -2.10. The molecule has 1 amide bonds. The number of thiazole rings is 1. The summed E-state index contributed by atoms with van der Waals surface area (Å²) in [6.45, 7) is 6.71. The van der Waals surface area contributed by atoms with Crippen LogP contribution in [-0.4, -0.2) is 37.0 Å². The van der Waals surface area contributed by atoms with E-state index in [1.807, 2.05) is 13.8 Å². The van der Waals surface area contributed by atoms with Crippen molar-refractivity contribution in [3.05, 3.63) is 39.9 Å². The second kappa shape index (κ2) is 7.04. The normalized spacial score (nSPS) is 11.3. The van der Waals surface area contributed by atoms with Crippen LogP contribution >= 0.6 is 11.3 Å². The number of nitrogens with one attached hydrogen (secondary N) is 1. The van der Waals surface area contributed by atoms with Gasteiger partial charge < -0.3 is 5.32 Å². The Morgan fingerprint density at radius 3 is 2.92 bits per heavy atom. The van der Waals surface area contributed by atoms with E-state index in [4.69, 9.17) is 0 Å². The predicted molar refractivity (Wildman–Crippen MR) is 92.4 cm³/mol. The van der Waals surface area contributed by atoms with Gasteiger partial charge in [-0.15, -0.1) is 11.3 Å². The Balaban J connectivity index is 1.69. The van der Waals surface area contributed by atoms with Crippen molar-refractivity contribution in [2.45, 2.75) is 39.5 Å². The Labute approximate surface area is 144 Å². The van der Waals surface area contributed by atoms with Gasteiger partial charge in [0, 0.05) is 18.3 Å². The molecule has 0 radical (unpaired) electrons. The first-order chi connectivity index (χ1) is 11.6. The Hall–Kier alpha value is -2.35. The molecule has 0 saturated carbocycles. The van der Waals surface area contributed by atoms with Crippen molar-refractivity contribution in [3.63, 3.8) is 0 Å². The van der Waals surface area contributed by atoms with E-state index < -0.39 is 0 Å². The van der Waals surface area contributed by atoms with Crippen LogP contribution in [0.1, 0.15) is 53.6 Å². The zero-order chi connectivity index (χ0) is 17.1. The number of aryl methyl sites for hydroxylation is 1. The molecule has 3 aromatic rings. The molecule has 0 atom stereocenters. The van der Waals surface area contributed by atoms with Gasteiger partial charge in [-0.25, -0.2) is 14.5 Å². The minimum Gasteiger partial charge on any atom is -0.350 e. The van der Waals surface area contributed by atoms with Crippen molar-refractivity contribution in [1.82, 2.24) is 29.9 Å². The molecule has 7 nitrogen and oxygen atoms in total. The van der Waals surface area contributed by atoms with Crippen molar-refractivity contribution >= 4 is 23.0 Å². The van der Waals surface area contributed by atoms with Gasteiger partial charge >= 0.3 is 0 Å². The molecule has 3 heterocycles. The summed E-state index contributed by atoms with van der Waals surface area (Å²) in [7, 11) is 0. The third-order valence-corrected chi connectivity index (χ3v) is 4.65. The molecule has 0 saturated heterocycles. The SMILES string of the molecule is CCc1csc(CCNC(=O)c2cc(C(C)C)n3ncnc3n2)n1. The molecule has 0 aromatic carbocycles. The van der Waals surface area contributed by atoms with Crippen molar-refractivity contribution in [1.29, 1.82) is 0 Å². The smallest absolute Gasteiger partial charge is 0.270 e. The Bertz CT molecular complexity index is 853. The highest BCUT2D eigenvalue weighted by molar-refractivity contribution is 7.09. The quantitative estimate of drug-likeness (QED) is 0.741.